The van der Waals surface area contributed by atoms with Crippen LogP contribution in [0, 0.1) is 5.82 Å². The molecule has 2 aromatic rings. The Kier molecular flexibility index (Phi) is 4.91. The van der Waals surface area contributed by atoms with Crippen LogP contribution in [0.1, 0.15) is 16.5 Å². The molecule has 1 aromatic heterocycles. The van der Waals surface area contributed by atoms with Gasteiger partial charge in [0.2, 0.25) is 0 Å². The second-order valence-electron chi connectivity index (χ2n) is 3.76. The van der Waals surface area contributed by atoms with Crippen LogP contribution in [0.5, 0.6) is 0 Å². The van der Waals surface area contributed by atoms with Gasteiger partial charge in [0, 0.05) is 21.3 Å². The quantitative estimate of drug-likeness (QED) is 0.604. The van der Waals surface area contributed by atoms with E-state index < -0.39 is 0 Å². The summed E-state index contributed by atoms with van der Waals surface area (Å²) in [5, 5.41) is 1.99. The van der Waals surface area contributed by atoms with Gasteiger partial charge in [0.1, 0.15) is 5.82 Å². The molecule has 1 unspecified atom stereocenters. The van der Waals surface area contributed by atoms with E-state index in [-0.39, 0.29) is 11.9 Å². The van der Waals surface area contributed by atoms with Crippen molar-refractivity contribution in [2.75, 3.05) is 0 Å². The topological polar surface area (TPSA) is 38.0 Å². The Balaban J connectivity index is 2.29. The van der Waals surface area contributed by atoms with Gasteiger partial charge < -0.3 is 0 Å². The van der Waals surface area contributed by atoms with Crippen LogP contribution in [0.2, 0.25) is 0 Å². The van der Waals surface area contributed by atoms with E-state index in [1.165, 1.54) is 0 Å². The average Bonchev–Trinajstić information content (AvgIpc) is 2.76. The first kappa shape index (κ1) is 14.1. The van der Waals surface area contributed by atoms with E-state index in [1.54, 1.807) is 29.5 Å². The fourth-order valence-corrected chi connectivity index (χ4v) is 3.65. The molecule has 1 atom stereocenters. The minimum atomic E-state index is -0.270. The largest absolute Gasteiger partial charge is 0.271 e. The summed E-state index contributed by atoms with van der Waals surface area (Å²) in [6.07, 6.45) is 0.641. The number of nitrogens with one attached hydrogen (secondary N) is 1. The molecule has 6 heteroatoms. The second kappa shape index (κ2) is 6.25. The predicted molar refractivity (Wildman–Crippen MR) is 79.9 cm³/mol. The summed E-state index contributed by atoms with van der Waals surface area (Å²) in [7, 11) is 0. The molecule has 2 rings (SSSR count). The maximum atomic E-state index is 14.0. The standard InChI is InChI=1S/C12H11Br2FN2S/c13-8-4-5-18-11(8)6-10(17-16)7-2-1-3-9(14)12(7)15/h1-5,10,17H,6,16H2. The smallest absolute Gasteiger partial charge is 0.142 e. The highest BCUT2D eigenvalue weighted by Crippen LogP contribution is 2.30. The highest BCUT2D eigenvalue weighted by Gasteiger charge is 2.18. The van der Waals surface area contributed by atoms with Crippen LogP contribution in [0.25, 0.3) is 0 Å². The molecule has 18 heavy (non-hydrogen) atoms. The van der Waals surface area contributed by atoms with Crippen LogP contribution in [0.15, 0.2) is 38.6 Å². The van der Waals surface area contributed by atoms with Crippen LogP contribution < -0.4 is 11.3 Å². The lowest BCUT2D eigenvalue weighted by Crippen LogP contribution is -2.30. The zero-order valence-electron chi connectivity index (χ0n) is 9.29. The third-order valence-corrected chi connectivity index (χ3v) is 5.20. The number of nitrogens with two attached hydrogens (primary N) is 1. The van der Waals surface area contributed by atoms with E-state index in [1.807, 2.05) is 11.4 Å². The number of hydrazine groups is 1. The molecule has 1 aromatic carbocycles. The Bertz CT molecular complexity index is 545. The summed E-state index contributed by atoms with van der Waals surface area (Å²) in [6.45, 7) is 0. The fraction of sp³-hybridized carbons (Fsp3) is 0.167. The summed E-state index contributed by atoms with van der Waals surface area (Å²) in [6, 6.07) is 6.94. The van der Waals surface area contributed by atoms with Gasteiger partial charge in [-0.15, -0.1) is 11.3 Å². The summed E-state index contributed by atoms with van der Waals surface area (Å²) < 4.78 is 15.5. The van der Waals surface area contributed by atoms with E-state index in [4.69, 9.17) is 5.84 Å². The van der Waals surface area contributed by atoms with Gasteiger partial charge in [-0.2, -0.15) is 0 Å². The highest BCUT2D eigenvalue weighted by atomic mass is 79.9. The lowest BCUT2D eigenvalue weighted by Gasteiger charge is -2.17. The van der Waals surface area contributed by atoms with E-state index >= 15 is 0 Å². The number of halogens is 3. The molecule has 1 heterocycles. The van der Waals surface area contributed by atoms with Gasteiger partial charge in [-0.1, -0.05) is 12.1 Å². The van der Waals surface area contributed by atoms with Gasteiger partial charge in [-0.3, -0.25) is 11.3 Å². The molecular formula is C12H11Br2FN2S. The van der Waals surface area contributed by atoms with Gasteiger partial charge in [-0.05, 0) is 49.4 Å². The minimum Gasteiger partial charge on any atom is -0.271 e. The van der Waals surface area contributed by atoms with Crippen molar-refractivity contribution < 1.29 is 4.39 Å². The Morgan fingerprint density at radius 3 is 2.67 bits per heavy atom. The first-order valence-corrected chi connectivity index (χ1v) is 7.72. The predicted octanol–water partition coefficient (Wildman–Crippen LogP) is 4.16. The second-order valence-corrected chi connectivity index (χ2v) is 6.47. The minimum absolute atomic E-state index is 0.252. The van der Waals surface area contributed by atoms with Crippen LogP contribution in [0.3, 0.4) is 0 Å². The summed E-state index contributed by atoms with van der Waals surface area (Å²) in [4.78, 5) is 1.14. The summed E-state index contributed by atoms with van der Waals surface area (Å²) in [5.41, 5.74) is 3.24. The SMILES string of the molecule is NNC(Cc1sccc1Br)c1cccc(Br)c1F. The molecule has 0 aliphatic heterocycles. The molecule has 3 N–H and O–H groups in total. The van der Waals surface area contributed by atoms with Crippen molar-refractivity contribution >= 4 is 43.2 Å². The molecule has 0 spiro atoms. The van der Waals surface area contributed by atoms with Gasteiger partial charge >= 0.3 is 0 Å². The molecule has 96 valence electrons. The number of hydrogen-bond donors (Lipinski definition) is 2. The number of thiophene rings is 1. The monoisotopic (exact) mass is 392 g/mol. The molecule has 0 aliphatic rings. The number of benzene rings is 1. The molecule has 0 bridgehead atoms. The number of hydrogen-bond acceptors (Lipinski definition) is 3. The molecule has 0 radical (unpaired) electrons. The first-order valence-electron chi connectivity index (χ1n) is 5.25. The maximum Gasteiger partial charge on any atom is 0.142 e. The summed E-state index contributed by atoms with van der Waals surface area (Å²) in [5.74, 6) is 5.28. The average molecular weight is 394 g/mol. The van der Waals surface area contributed by atoms with Gasteiger partial charge in [0.25, 0.3) is 0 Å². The normalized spacial score (nSPS) is 12.7. The van der Waals surface area contributed by atoms with Crippen LogP contribution in [0.4, 0.5) is 4.39 Å². The van der Waals surface area contributed by atoms with Gasteiger partial charge in [0.15, 0.2) is 0 Å². The van der Waals surface area contributed by atoms with Crippen molar-refractivity contribution in [1.29, 1.82) is 0 Å². The van der Waals surface area contributed by atoms with E-state index in [2.05, 4.69) is 37.3 Å². The van der Waals surface area contributed by atoms with Crippen molar-refractivity contribution in [3.8, 4) is 0 Å². The Morgan fingerprint density at radius 2 is 2.06 bits per heavy atom. The lowest BCUT2D eigenvalue weighted by atomic mass is 10.0. The molecule has 0 aliphatic carbocycles. The molecule has 0 fully saturated rings. The highest BCUT2D eigenvalue weighted by molar-refractivity contribution is 9.10. The molecule has 0 saturated carbocycles. The van der Waals surface area contributed by atoms with Crippen molar-refractivity contribution in [2.24, 2.45) is 5.84 Å². The zero-order valence-corrected chi connectivity index (χ0v) is 13.3. The molecular weight excluding hydrogens is 383 g/mol. The molecule has 0 amide bonds. The Labute approximate surface area is 126 Å². The third-order valence-electron chi connectivity index (χ3n) is 2.64. The fourth-order valence-electron chi connectivity index (χ4n) is 1.70. The summed E-state index contributed by atoms with van der Waals surface area (Å²) >= 11 is 8.28. The van der Waals surface area contributed by atoms with E-state index in [9.17, 15) is 4.39 Å². The van der Waals surface area contributed by atoms with Gasteiger partial charge in [0.05, 0.1) is 10.5 Å². The van der Waals surface area contributed by atoms with Crippen molar-refractivity contribution in [3.05, 3.63) is 54.8 Å². The maximum absolute atomic E-state index is 14.0. The van der Waals surface area contributed by atoms with Crippen LogP contribution >= 0.6 is 43.2 Å². The van der Waals surface area contributed by atoms with Crippen molar-refractivity contribution in [3.63, 3.8) is 0 Å². The Hall–Kier alpha value is -0.270. The van der Waals surface area contributed by atoms with Crippen LogP contribution in [-0.2, 0) is 6.42 Å². The van der Waals surface area contributed by atoms with Gasteiger partial charge in [-0.25, -0.2) is 4.39 Å². The zero-order chi connectivity index (χ0) is 13.1. The van der Waals surface area contributed by atoms with Crippen LogP contribution in [-0.4, -0.2) is 0 Å². The first-order chi connectivity index (χ1) is 8.63. The van der Waals surface area contributed by atoms with E-state index in [0.717, 1.165) is 9.35 Å². The number of rotatable bonds is 4. The van der Waals surface area contributed by atoms with Crippen molar-refractivity contribution in [2.45, 2.75) is 12.5 Å². The third kappa shape index (κ3) is 3.00. The molecule has 2 nitrogen and oxygen atoms in total. The van der Waals surface area contributed by atoms with E-state index in [0.29, 0.717) is 16.5 Å². The Morgan fingerprint density at radius 1 is 1.28 bits per heavy atom. The molecule has 0 saturated heterocycles. The lowest BCUT2D eigenvalue weighted by molar-refractivity contribution is 0.510. The van der Waals surface area contributed by atoms with Crippen molar-refractivity contribution in [1.82, 2.24) is 5.43 Å².